The van der Waals surface area contributed by atoms with Gasteiger partial charge in [0.05, 0.1) is 0 Å². The highest BCUT2D eigenvalue weighted by Gasteiger charge is 1.99. The molecule has 3 heteroatoms. The van der Waals surface area contributed by atoms with E-state index in [9.17, 15) is 0 Å². The Morgan fingerprint density at radius 1 is 0.867 bits per heavy atom. The third-order valence-corrected chi connectivity index (χ3v) is 2.18. The van der Waals surface area contributed by atoms with Crippen molar-refractivity contribution in [3.8, 4) is 16.9 Å². The summed E-state index contributed by atoms with van der Waals surface area (Å²) >= 11 is 0. The van der Waals surface area contributed by atoms with Crippen molar-refractivity contribution in [2.75, 3.05) is 0 Å². The number of hydrogen-bond acceptors (Lipinski definition) is 1. The van der Waals surface area contributed by atoms with E-state index in [1.165, 1.54) is 0 Å². The number of benzene rings is 1. The summed E-state index contributed by atoms with van der Waals surface area (Å²) in [5.74, 6) is 0.301. The van der Waals surface area contributed by atoms with E-state index >= 15 is 0 Å². The zero-order valence-corrected chi connectivity index (χ0v) is 10.5. The van der Waals surface area contributed by atoms with Gasteiger partial charge in [0.25, 0.3) is 0 Å². The van der Waals surface area contributed by atoms with Gasteiger partial charge >= 0.3 is 0 Å². The van der Waals surface area contributed by atoms with Crippen LogP contribution in [-0.4, -0.2) is 5.11 Å². The van der Waals surface area contributed by atoms with Crippen LogP contribution in [-0.2, 0) is 7.05 Å². The van der Waals surface area contributed by atoms with Gasteiger partial charge < -0.3 is 29.1 Å². The molecule has 1 aromatic heterocycles. The third-order valence-electron chi connectivity index (χ3n) is 2.18. The van der Waals surface area contributed by atoms with E-state index in [4.69, 9.17) is 5.11 Å². The number of aromatic nitrogens is 1. The van der Waals surface area contributed by atoms with Crippen LogP contribution >= 0.6 is 0 Å². The van der Waals surface area contributed by atoms with Crippen molar-refractivity contribution in [3.63, 3.8) is 0 Å². The molecule has 0 spiro atoms. The number of aryl methyl sites for hydroxylation is 1. The second-order valence-electron chi connectivity index (χ2n) is 3.30. The first-order chi connectivity index (χ1) is 6.75. The first-order valence-electron chi connectivity index (χ1n) is 4.50. The molecule has 0 radical (unpaired) electrons. The monoisotopic (exact) mass is 313 g/mol. The summed E-state index contributed by atoms with van der Waals surface area (Å²) in [6, 6.07) is 11.3. The number of phenolic OH excluding ortho intramolecular Hbond substituents is 1. The Morgan fingerprint density at radius 3 is 1.87 bits per heavy atom. The highest BCUT2D eigenvalue weighted by molar-refractivity contribution is 5.62. The van der Waals surface area contributed by atoms with E-state index in [1.807, 2.05) is 48.3 Å². The molecular weight excluding hydrogens is 301 g/mol. The van der Waals surface area contributed by atoms with Gasteiger partial charge in [-0.25, -0.2) is 4.57 Å². The maximum Gasteiger partial charge on any atom is 0.169 e. The molecule has 0 aliphatic carbocycles. The Bertz CT molecular complexity index is 379. The van der Waals surface area contributed by atoms with E-state index in [0.29, 0.717) is 5.75 Å². The van der Waals surface area contributed by atoms with Gasteiger partial charge in [0.1, 0.15) is 12.8 Å². The fourth-order valence-corrected chi connectivity index (χ4v) is 1.35. The highest BCUT2D eigenvalue weighted by atomic mass is 127. The number of halogens is 1. The molecule has 0 saturated carbocycles. The predicted molar refractivity (Wildman–Crippen MR) is 54.7 cm³/mol. The summed E-state index contributed by atoms with van der Waals surface area (Å²) in [7, 11) is 1.99. The van der Waals surface area contributed by atoms with Crippen LogP contribution in [0.5, 0.6) is 5.75 Å². The average Bonchev–Trinajstić information content (AvgIpc) is 2.21. The second-order valence-corrected chi connectivity index (χ2v) is 3.30. The van der Waals surface area contributed by atoms with Crippen molar-refractivity contribution in [1.29, 1.82) is 0 Å². The number of nitrogens with zero attached hydrogens (tertiary/aromatic N) is 1. The van der Waals surface area contributed by atoms with Gasteiger partial charge in [-0.3, -0.25) is 0 Å². The van der Waals surface area contributed by atoms with Crippen LogP contribution < -0.4 is 28.5 Å². The van der Waals surface area contributed by atoms with Crippen LogP contribution in [0.4, 0.5) is 0 Å². The van der Waals surface area contributed by atoms with Crippen molar-refractivity contribution in [1.82, 2.24) is 0 Å². The van der Waals surface area contributed by atoms with Crippen molar-refractivity contribution < 1.29 is 33.7 Å². The molecule has 0 atom stereocenters. The summed E-state index contributed by atoms with van der Waals surface area (Å²) in [4.78, 5) is 0. The maximum atomic E-state index is 9.14. The van der Waals surface area contributed by atoms with Gasteiger partial charge in [-0.2, -0.15) is 0 Å². The smallest absolute Gasteiger partial charge is 0.169 e. The SMILES string of the molecule is C[n+]1ccc(-c2ccc(O)cc2)cc1.[I-]. The molecule has 2 rings (SSSR count). The van der Waals surface area contributed by atoms with Gasteiger partial charge in [0.2, 0.25) is 0 Å². The molecule has 0 fully saturated rings. The molecule has 0 saturated heterocycles. The minimum absolute atomic E-state index is 0. The van der Waals surface area contributed by atoms with E-state index in [2.05, 4.69) is 0 Å². The number of pyridine rings is 1. The molecule has 1 aromatic carbocycles. The van der Waals surface area contributed by atoms with Crippen LogP contribution in [0.2, 0.25) is 0 Å². The van der Waals surface area contributed by atoms with Crippen LogP contribution in [0.1, 0.15) is 0 Å². The van der Waals surface area contributed by atoms with Gasteiger partial charge in [-0.1, -0.05) is 12.1 Å². The number of phenols is 1. The first-order valence-corrected chi connectivity index (χ1v) is 4.50. The van der Waals surface area contributed by atoms with Gasteiger partial charge in [-0.15, -0.1) is 0 Å². The standard InChI is InChI=1S/C12H11NO.HI/c1-13-8-6-11(7-9-13)10-2-4-12(14)5-3-10;/h2-9H,1H3;1H. The van der Waals surface area contributed by atoms with E-state index < -0.39 is 0 Å². The first kappa shape index (κ1) is 12.0. The van der Waals surface area contributed by atoms with Crippen LogP contribution in [0, 0.1) is 0 Å². The van der Waals surface area contributed by atoms with Crippen LogP contribution in [0.15, 0.2) is 48.8 Å². The Labute approximate surface area is 106 Å². The molecule has 0 bridgehead atoms. The highest BCUT2D eigenvalue weighted by Crippen LogP contribution is 2.20. The zero-order valence-electron chi connectivity index (χ0n) is 8.39. The summed E-state index contributed by atoms with van der Waals surface area (Å²) < 4.78 is 1.99. The van der Waals surface area contributed by atoms with E-state index in [0.717, 1.165) is 11.1 Å². The normalized spacial score (nSPS) is 9.40. The average molecular weight is 313 g/mol. The number of rotatable bonds is 1. The molecule has 1 heterocycles. The molecule has 0 aliphatic rings. The van der Waals surface area contributed by atoms with Crippen LogP contribution in [0.25, 0.3) is 11.1 Å². The van der Waals surface area contributed by atoms with Crippen molar-refractivity contribution >= 4 is 0 Å². The molecule has 2 nitrogen and oxygen atoms in total. The van der Waals surface area contributed by atoms with Crippen molar-refractivity contribution in [3.05, 3.63) is 48.8 Å². The van der Waals surface area contributed by atoms with E-state index in [1.54, 1.807) is 12.1 Å². The number of hydrogen-bond donors (Lipinski definition) is 1. The maximum absolute atomic E-state index is 9.14. The minimum atomic E-state index is 0. The lowest BCUT2D eigenvalue weighted by Gasteiger charge is -1.99. The van der Waals surface area contributed by atoms with Gasteiger partial charge in [-0.05, 0) is 23.3 Å². The van der Waals surface area contributed by atoms with E-state index in [-0.39, 0.29) is 24.0 Å². The summed E-state index contributed by atoms with van der Waals surface area (Å²) in [5, 5.41) is 9.14. The summed E-state index contributed by atoms with van der Waals surface area (Å²) in [6.07, 6.45) is 4.00. The Hall–Kier alpha value is -1.10. The summed E-state index contributed by atoms with van der Waals surface area (Å²) in [6.45, 7) is 0. The Morgan fingerprint density at radius 2 is 1.33 bits per heavy atom. The number of aromatic hydroxyl groups is 1. The third kappa shape index (κ3) is 2.92. The lowest BCUT2D eigenvalue weighted by Crippen LogP contribution is -3.00. The minimum Gasteiger partial charge on any atom is -1.00 e. The fraction of sp³-hybridized carbons (Fsp3) is 0.0833. The zero-order chi connectivity index (χ0) is 9.97. The second kappa shape index (κ2) is 5.11. The molecule has 0 amide bonds. The van der Waals surface area contributed by atoms with Crippen molar-refractivity contribution in [2.45, 2.75) is 0 Å². The topological polar surface area (TPSA) is 24.1 Å². The van der Waals surface area contributed by atoms with Crippen LogP contribution in [0.3, 0.4) is 0 Å². The molecule has 78 valence electrons. The molecule has 15 heavy (non-hydrogen) atoms. The molecule has 1 N–H and O–H groups in total. The summed E-state index contributed by atoms with van der Waals surface area (Å²) in [5.41, 5.74) is 2.27. The lowest BCUT2D eigenvalue weighted by molar-refractivity contribution is -0.671. The Balaban J connectivity index is 0.00000112. The lowest BCUT2D eigenvalue weighted by atomic mass is 10.1. The fourth-order valence-electron chi connectivity index (χ4n) is 1.35. The van der Waals surface area contributed by atoms with Gasteiger partial charge in [0, 0.05) is 12.1 Å². The quantitative estimate of drug-likeness (QED) is 0.524. The molecular formula is C12H12INO. The predicted octanol–water partition coefficient (Wildman–Crippen LogP) is -1.11. The van der Waals surface area contributed by atoms with Gasteiger partial charge in [0.15, 0.2) is 12.4 Å². The molecule has 2 aromatic rings. The largest absolute Gasteiger partial charge is 1.00 e. The molecule has 0 aliphatic heterocycles. The Kier molecular flexibility index (Phi) is 4.08. The van der Waals surface area contributed by atoms with Crippen molar-refractivity contribution in [2.24, 2.45) is 7.05 Å². The molecule has 0 unspecified atom stereocenters.